The number of rotatable bonds is 7. The molecule has 0 radical (unpaired) electrons. The van der Waals surface area contributed by atoms with Crippen molar-refractivity contribution >= 4 is 12.1 Å². The summed E-state index contributed by atoms with van der Waals surface area (Å²) in [5.41, 5.74) is -0.473. The van der Waals surface area contributed by atoms with Crippen LogP contribution in [0.25, 0.3) is 0 Å². The summed E-state index contributed by atoms with van der Waals surface area (Å²) in [4.78, 5) is 17.7. The standard InChI is InChI=1S/C15H30N4O2/c1-7-8-9-12-19(6)13(16-5)17-10-11-18-14(20)21-15(2,3)4/h7H,1,8-12H2,2-6H3,(H,16,17)(H,18,20). The first-order valence-corrected chi connectivity index (χ1v) is 7.29. The molecule has 0 saturated heterocycles. The summed E-state index contributed by atoms with van der Waals surface area (Å²) in [5, 5.41) is 5.89. The van der Waals surface area contributed by atoms with Crippen LogP contribution in [0.15, 0.2) is 17.6 Å². The van der Waals surface area contributed by atoms with Crippen molar-refractivity contribution in [2.24, 2.45) is 4.99 Å². The van der Waals surface area contributed by atoms with E-state index >= 15 is 0 Å². The van der Waals surface area contributed by atoms with Crippen LogP contribution >= 0.6 is 0 Å². The number of ether oxygens (including phenoxy) is 1. The Labute approximate surface area is 128 Å². The monoisotopic (exact) mass is 298 g/mol. The van der Waals surface area contributed by atoms with E-state index in [0.717, 1.165) is 25.3 Å². The van der Waals surface area contributed by atoms with Crippen LogP contribution < -0.4 is 10.6 Å². The van der Waals surface area contributed by atoms with Crippen LogP contribution in [0.4, 0.5) is 4.79 Å². The van der Waals surface area contributed by atoms with Crippen molar-refractivity contribution in [1.82, 2.24) is 15.5 Å². The highest BCUT2D eigenvalue weighted by atomic mass is 16.6. The molecule has 1 amide bonds. The second kappa shape index (κ2) is 10.1. The second-order valence-corrected chi connectivity index (χ2v) is 5.76. The molecule has 0 aromatic rings. The lowest BCUT2D eigenvalue weighted by Crippen LogP contribution is -2.43. The number of hydrogen-bond acceptors (Lipinski definition) is 3. The minimum absolute atomic E-state index is 0.404. The van der Waals surface area contributed by atoms with Crippen molar-refractivity contribution in [3.8, 4) is 0 Å². The van der Waals surface area contributed by atoms with Crippen LogP contribution in [-0.4, -0.2) is 56.3 Å². The summed E-state index contributed by atoms with van der Waals surface area (Å²) in [6.07, 6.45) is 3.53. The maximum Gasteiger partial charge on any atom is 0.407 e. The van der Waals surface area contributed by atoms with Gasteiger partial charge < -0.3 is 20.3 Å². The van der Waals surface area contributed by atoms with Crippen LogP contribution in [0.2, 0.25) is 0 Å². The van der Waals surface area contributed by atoms with Gasteiger partial charge in [-0.25, -0.2) is 4.79 Å². The highest BCUT2D eigenvalue weighted by molar-refractivity contribution is 5.79. The van der Waals surface area contributed by atoms with Gasteiger partial charge in [-0.3, -0.25) is 4.99 Å². The van der Waals surface area contributed by atoms with E-state index in [4.69, 9.17) is 4.74 Å². The predicted octanol–water partition coefficient (Wildman–Crippen LogP) is 1.98. The minimum Gasteiger partial charge on any atom is -0.444 e. The number of alkyl carbamates (subject to hydrolysis) is 1. The largest absolute Gasteiger partial charge is 0.444 e. The van der Waals surface area contributed by atoms with Gasteiger partial charge in [0.1, 0.15) is 5.60 Å². The van der Waals surface area contributed by atoms with Crippen molar-refractivity contribution in [1.29, 1.82) is 0 Å². The first kappa shape index (κ1) is 19.3. The molecule has 6 heteroatoms. The van der Waals surface area contributed by atoms with Gasteiger partial charge in [-0.2, -0.15) is 0 Å². The number of carbonyl (C=O) groups is 1. The normalized spacial score (nSPS) is 11.8. The number of guanidine groups is 1. The van der Waals surface area contributed by atoms with E-state index in [1.54, 1.807) is 7.05 Å². The average molecular weight is 298 g/mol. The third-order valence-corrected chi connectivity index (χ3v) is 2.55. The van der Waals surface area contributed by atoms with E-state index in [1.807, 2.05) is 33.9 Å². The fraction of sp³-hybridized carbons (Fsp3) is 0.733. The predicted molar refractivity (Wildman–Crippen MR) is 87.7 cm³/mol. The molecule has 0 aliphatic heterocycles. The number of unbranched alkanes of at least 4 members (excludes halogenated alkanes) is 1. The van der Waals surface area contributed by atoms with E-state index in [1.165, 1.54) is 0 Å². The molecule has 0 bridgehead atoms. The van der Waals surface area contributed by atoms with Crippen LogP contribution in [0.5, 0.6) is 0 Å². The number of hydrogen-bond donors (Lipinski definition) is 2. The summed E-state index contributed by atoms with van der Waals surface area (Å²) in [5.74, 6) is 0.810. The van der Waals surface area contributed by atoms with E-state index in [9.17, 15) is 4.79 Å². The Morgan fingerprint density at radius 3 is 2.48 bits per heavy atom. The molecule has 0 aromatic carbocycles. The number of nitrogens with zero attached hydrogens (tertiary/aromatic N) is 2. The second-order valence-electron chi connectivity index (χ2n) is 5.76. The van der Waals surface area contributed by atoms with E-state index in [0.29, 0.717) is 13.1 Å². The summed E-state index contributed by atoms with van der Waals surface area (Å²) < 4.78 is 5.16. The summed E-state index contributed by atoms with van der Waals surface area (Å²) >= 11 is 0. The molecule has 0 aliphatic rings. The van der Waals surface area contributed by atoms with Crippen molar-refractivity contribution < 1.29 is 9.53 Å². The van der Waals surface area contributed by atoms with Gasteiger partial charge in [0.05, 0.1) is 0 Å². The van der Waals surface area contributed by atoms with E-state index in [-0.39, 0.29) is 0 Å². The molecule has 0 unspecified atom stereocenters. The number of nitrogens with one attached hydrogen (secondary N) is 2. The lowest BCUT2D eigenvalue weighted by atomic mass is 10.2. The third-order valence-electron chi connectivity index (χ3n) is 2.55. The molecular formula is C15H30N4O2. The number of amides is 1. The van der Waals surface area contributed by atoms with E-state index in [2.05, 4.69) is 27.1 Å². The maximum absolute atomic E-state index is 11.5. The molecule has 21 heavy (non-hydrogen) atoms. The fourth-order valence-corrected chi connectivity index (χ4v) is 1.62. The molecule has 122 valence electrons. The molecule has 6 nitrogen and oxygen atoms in total. The number of allylic oxidation sites excluding steroid dienone is 1. The van der Waals surface area contributed by atoms with Gasteiger partial charge in [-0.15, -0.1) is 6.58 Å². The molecule has 2 N–H and O–H groups in total. The molecule has 0 rings (SSSR count). The highest BCUT2D eigenvalue weighted by Gasteiger charge is 2.15. The molecule has 0 heterocycles. The van der Waals surface area contributed by atoms with Crippen molar-refractivity contribution in [3.63, 3.8) is 0 Å². The molecular weight excluding hydrogens is 268 g/mol. The van der Waals surface area contributed by atoms with Crippen LogP contribution in [0.3, 0.4) is 0 Å². The zero-order chi connectivity index (χ0) is 16.3. The summed E-state index contributed by atoms with van der Waals surface area (Å²) in [6.45, 7) is 11.2. The average Bonchev–Trinajstić information content (AvgIpc) is 2.36. The van der Waals surface area contributed by atoms with Gasteiger partial charge in [0.15, 0.2) is 5.96 Å². The van der Waals surface area contributed by atoms with Gasteiger partial charge in [0, 0.05) is 33.7 Å². The lowest BCUT2D eigenvalue weighted by molar-refractivity contribution is 0.0529. The van der Waals surface area contributed by atoms with Crippen molar-refractivity contribution in [2.75, 3.05) is 33.7 Å². The Bertz CT molecular complexity index is 348. The van der Waals surface area contributed by atoms with Gasteiger partial charge in [-0.1, -0.05) is 6.08 Å². The van der Waals surface area contributed by atoms with Gasteiger partial charge in [0.25, 0.3) is 0 Å². The molecule has 0 fully saturated rings. The number of aliphatic imine (C=N–C) groups is 1. The van der Waals surface area contributed by atoms with Gasteiger partial charge in [-0.05, 0) is 33.6 Å². The fourth-order valence-electron chi connectivity index (χ4n) is 1.62. The van der Waals surface area contributed by atoms with E-state index < -0.39 is 11.7 Å². The quantitative estimate of drug-likeness (QED) is 0.326. The molecule has 0 spiro atoms. The number of carbonyl (C=O) groups excluding carboxylic acids is 1. The maximum atomic E-state index is 11.5. The zero-order valence-electron chi connectivity index (χ0n) is 14.0. The van der Waals surface area contributed by atoms with Gasteiger partial charge >= 0.3 is 6.09 Å². The molecule has 0 aliphatic carbocycles. The summed E-state index contributed by atoms with van der Waals surface area (Å²) in [7, 11) is 3.73. The van der Waals surface area contributed by atoms with Crippen molar-refractivity contribution in [2.45, 2.75) is 39.2 Å². The molecule has 0 atom stereocenters. The minimum atomic E-state index is -0.473. The van der Waals surface area contributed by atoms with Crippen LogP contribution in [-0.2, 0) is 4.74 Å². The topological polar surface area (TPSA) is 66.0 Å². The Hall–Kier alpha value is -1.72. The lowest BCUT2D eigenvalue weighted by Gasteiger charge is -2.22. The highest BCUT2D eigenvalue weighted by Crippen LogP contribution is 2.05. The van der Waals surface area contributed by atoms with Gasteiger partial charge in [0.2, 0.25) is 0 Å². The first-order valence-electron chi connectivity index (χ1n) is 7.29. The smallest absolute Gasteiger partial charge is 0.407 e. The third kappa shape index (κ3) is 10.7. The SMILES string of the molecule is C=CCCCN(C)C(=NC)NCCNC(=O)OC(C)(C)C. The Morgan fingerprint density at radius 1 is 1.33 bits per heavy atom. The Morgan fingerprint density at radius 2 is 1.95 bits per heavy atom. The zero-order valence-corrected chi connectivity index (χ0v) is 14.0. The molecule has 0 aromatic heterocycles. The van der Waals surface area contributed by atoms with Crippen LogP contribution in [0.1, 0.15) is 33.6 Å². The Kier molecular flexibility index (Phi) is 9.25. The first-order chi connectivity index (χ1) is 9.80. The van der Waals surface area contributed by atoms with Crippen LogP contribution in [0, 0.1) is 0 Å². The molecule has 0 saturated carbocycles. The summed E-state index contributed by atoms with van der Waals surface area (Å²) in [6, 6.07) is 0. The van der Waals surface area contributed by atoms with Crippen molar-refractivity contribution in [3.05, 3.63) is 12.7 Å². The Balaban J connectivity index is 3.92.